The number of rotatable bonds is 3. The van der Waals surface area contributed by atoms with Crippen LogP contribution in [0.25, 0.3) is 11.4 Å². The van der Waals surface area contributed by atoms with Crippen molar-refractivity contribution in [2.45, 2.75) is 12.0 Å². The molecule has 1 aromatic carbocycles. The number of hydrogen-bond acceptors (Lipinski definition) is 5. The van der Waals surface area contributed by atoms with E-state index in [-0.39, 0.29) is 19.1 Å². The van der Waals surface area contributed by atoms with E-state index in [9.17, 15) is 15.0 Å². The summed E-state index contributed by atoms with van der Waals surface area (Å²) in [5, 5.41) is 19.2. The van der Waals surface area contributed by atoms with E-state index in [1.54, 1.807) is 41.6 Å². The molecule has 1 saturated heterocycles. The van der Waals surface area contributed by atoms with E-state index in [1.807, 2.05) is 6.07 Å². The molecular weight excluding hydrogens is 282 g/mol. The van der Waals surface area contributed by atoms with E-state index in [0.717, 1.165) is 5.56 Å². The van der Waals surface area contributed by atoms with Crippen molar-refractivity contribution in [3.63, 3.8) is 0 Å². The summed E-state index contributed by atoms with van der Waals surface area (Å²) >= 11 is 0. The summed E-state index contributed by atoms with van der Waals surface area (Å²) in [4.78, 5) is 22.4. The van der Waals surface area contributed by atoms with Crippen LogP contribution < -0.4 is 0 Å². The number of aliphatic hydroxyl groups excluding tert-OH is 1. The van der Waals surface area contributed by atoms with Crippen LogP contribution in [0.4, 0.5) is 0 Å². The Kier molecular flexibility index (Phi) is 3.87. The van der Waals surface area contributed by atoms with Crippen LogP contribution in [0.1, 0.15) is 16.8 Å². The lowest BCUT2D eigenvalue weighted by Crippen LogP contribution is -2.38. The first kappa shape index (κ1) is 14.6. The van der Waals surface area contributed by atoms with Crippen LogP contribution >= 0.6 is 0 Å². The summed E-state index contributed by atoms with van der Waals surface area (Å²) in [5.74, 6) is 0.396. The number of β-amino-alcohol motifs (C(OH)–C–C–N with tert-alkyl or cyclic N) is 1. The van der Waals surface area contributed by atoms with Crippen LogP contribution in [0, 0.1) is 0 Å². The van der Waals surface area contributed by atoms with E-state index >= 15 is 0 Å². The van der Waals surface area contributed by atoms with Crippen LogP contribution in [0.2, 0.25) is 0 Å². The summed E-state index contributed by atoms with van der Waals surface area (Å²) in [6, 6.07) is 8.84. The van der Waals surface area contributed by atoms with E-state index in [2.05, 4.69) is 9.97 Å². The van der Waals surface area contributed by atoms with E-state index in [0.29, 0.717) is 24.4 Å². The fourth-order valence-corrected chi connectivity index (χ4v) is 2.58. The van der Waals surface area contributed by atoms with E-state index in [4.69, 9.17) is 0 Å². The Labute approximate surface area is 128 Å². The molecule has 3 rings (SSSR count). The van der Waals surface area contributed by atoms with Gasteiger partial charge in [0, 0.05) is 30.1 Å². The van der Waals surface area contributed by atoms with Gasteiger partial charge in [0.1, 0.15) is 5.60 Å². The minimum absolute atomic E-state index is 0.147. The molecule has 2 aromatic rings. The number of aliphatic hydroxyl groups is 2. The van der Waals surface area contributed by atoms with Gasteiger partial charge in [-0.25, -0.2) is 9.97 Å². The molecule has 0 aliphatic carbocycles. The van der Waals surface area contributed by atoms with Gasteiger partial charge in [0.25, 0.3) is 5.91 Å². The zero-order valence-corrected chi connectivity index (χ0v) is 12.0. The van der Waals surface area contributed by atoms with Crippen molar-refractivity contribution in [1.82, 2.24) is 14.9 Å². The molecule has 6 heteroatoms. The summed E-state index contributed by atoms with van der Waals surface area (Å²) in [7, 11) is 0. The maximum absolute atomic E-state index is 12.5. The number of benzene rings is 1. The van der Waals surface area contributed by atoms with Crippen molar-refractivity contribution in [1.29, 1.82) is 0 Å². The van der Waals surface area contributed by atoms with Crippen LogP contribution in [0.15, 0.2) is 42.7 Å². The highest BCUT2D eigenvalue weighted by Gasteiger charge is 2.37. The van der Waals surface area contributed by atoms with Crippen LogP contribution in [0.5, 0.6) is 0 Å². The largest absolute Gasteiger partial charge is 0.393 e. The molecule has 2 heterocycles. The third-order valence-electron chi connectivity index (χ3n) is 3.85. The summed E-state index contributed by atoms with van der Waals surface area (Å²) in [6.07, 6.45) is 3.69. The predicted molar refractivity (Wildman–Crippen MR) is 80.0 cm³/mol. The molecule has 22 heavy (non-hydrogen) atoms. The zero-order chi connectivity index (χ0) is 15.6. The molecule has 0 unspecified atom stereocenters. The van der Waals surface area contributed by atoms with Gasteiger partial charge in [-0.1, -0.05) is 12.1 Å². The Balaban J connectivity index is 1.83. The second kappa shape index (κ2) is 5.82. The third kappa shape index (κ3) is 2.84. The van der Waals surface area contributed by atoms with Gasteiger partial charge in [-0.05, 0) is 24.6 Å². The van der Waals surface area contributed by atoms with Gasteiger partial charge in [-0.3, -0.25) is 4.79 Å². The van der Waals surface area contributed by atoms with E-state index in [1.165, 1.54) is 0 Å². The van der Waals surface area contributed by atoms with Crippen molar-refractivity contribution in [3.8, 4) is 11.4 Å². The molecule has 1 atom stereocenters. The zero-order valence-electron chi connectivity index (χ0n) is 12.0. The maximum Gasteiger partial charge on any atom is 0.253 e. The average Bonchev–Trinajstić information content (AvgIpc) is 2.98. The van der Waals surface area contributed by atoms with Crippen LogP contribution in [-0.4, -0.2) is 56.3 Å². The minimum atomic E-state index is -1.18. The fourth-order valence-electron chi connectivity index (χ4n) is 2.58. The number of aromatic nitrogens is 2. The molecule has 0 spiro atoms. The normalized spacial score (nSPS) is 21.1. The summed E-state index contributed by atoms with van der Waals surface area (Å²) in [6.45, 7) is 0.241. The highest BCUT2D eigenvalue weighted by molar-refractivity contribution is 5.95. The molecule has 1 amide bonds. The van der Waals surface area contributed by atoms with Gasteiger partial charge in [0.15, 0.2) is 5.82 Å². The first-order valence-electron chi connectivity index (χ1n) is 7.11. The molecule has 0 bridgehead atoms. The summed E-state index contributed by atoms with van der Waals surface area (Å²) in [5.41, 5.74) is 0.103. The Morgan fingerprint density at radius 1 is 1.27 bits per heavy atom. The maximum atomic E-state index is 12.5. The number of carbonyl (C=O) groups excluding carboxylic acids is 1. The molecule has 6 nitrogen and oxygen atoms in total. The number of carbonyl (C=O) groups is 1. The van der Waals surface area contributed by atoms with Crippen molar-refractivity contribution >= 4 is 5.91 Å². The molecule has 1 aliphatic heterocycles. The molecule has 0 saturated carbocycles. The van der Waals surface area contributed by atoms with E-state index < -0.39 is 5.60 Å². The first-order valence-corrected chi connectivity index (χ1v) is 7.11. The predicted octanol–water partition coefficient (Wildman–Crippen LogP) is 0.713. The molecule has 1 aromatic heterocycles. The molecule has 1 aliphatic rings. The molecule has 2 N–H and O–H groups in total. The van der Waals surface area contributed by atoms with Crippen molar-refractivity contribution in [3.05, 3.63) is 48.3 Å². The van der Waals surface area contributed by atoms with Gasteiger partial charge in [-0.2, -0.15) is 0 Å². The van der Waals surface area contributed by atoms with Gasteiger partial charge >= 0.3 is 0 Å². The van der Waals surface area contributed by atoms with Gasteiger partial charge in [0.05, 0.1) is 13.2 Å². The Bertz CT molecular complexity index is 677. The quantitative estimate of drug-likeness (QED) is 0.872. The smallest absolute Gasteiger partial charge is 0.253 e. The minimum Gasteiger partial charge on any atom is -0.393 e. The monoisotopic (exact) mass is 299 g/mol. The number of amides is 1. The first-order chi connectivity index (χ1) is 10.6. The molecule has 1 fully saturated rings. The lowest BCUT2D eigenvalue weighted by atomic mass is 10.1. The second-order valence-corrected chi connectivity index (χ2v) is 5.51. The number of nitrogens with zero attached hydrogens (tertiary/aromatic N) is 3. The lowest BCUT2D eigenvalue weighted by molar-refractivity contribution is -0.00455. The molecule has 114 valence electrons. The van der Waals surface area contributed by atoms with Gasteiger partial charge in [-0.15, -0.1) is 0 Å². The van der Waals surface area contributed by atoms with Gasteiger partial charge < -0.3 is 15.1 Å². The SMILES string of the molecule is O=C(c1cccc(-c2ncccn2)c1)N1CC[C@@](O)(CO)C1. The Morgan fingerprint density at radius 2 is 2.05 bits per heavy atom. The molecule has 0 radical (unpaired) electrons. The highest BCUT2D eigenvalue weighted by Crippen LogP contribution is 2.23. The summed E-state index contributed by atoms with van der Waals surface area (Å²) < 4.78 is 0. The Hall–Kier alpha value is -2.31. The van der Waals surface area contributed by atoms with Crippen molar-refractivity contribution < 1.29 is 15.0 Å². The number of hydrogen-bond donors (Lipinski definition) is 2. The average molecular weight is 299 g/mol. The van der Waals surface area contributed by atoms with Crippen molar-refractivity contribution in [2.24, 2.45) is 0 Å². The fraction of sp³-hybridized carbons (Fsp3) is 0.312. The lowest BCUT2D eigenvalue weighted by Gasteiger charge is -2.21. The standard InChI is InChI=1S/C16H17N3O3/c20-11-16(22)5-8-19(10-16)15(21)13-4-1-3-12(9-13)14-17-6-2-7-18-14/h1-4,6-7,9,20,22H,5,8,10-11H2/t16-/m0/s1. The Morgan fingerprint density at radius 3 is 2.73 bits per heavy atom. The van der Waals surface area contributed by atoms with Crippen molar-refractivity contribution in [2.75, 3.05) is 19.7 Å². The van der Waals surface area contributed by atoms with Gasteiger partial charge in [0.2, 0.25) is 0 Å². The second-order valence-electron chi connectivity index (χ2n) is 5.51. The van der Waals surface area contributed by atoms with Crippen LogP contribution in [-0.2, 0) is 0 Å². The third-order valence-corrected chi connectivity index (χ3v) is 3.85. The highest BCUT2D eigenvalue weighted by atomic mass is 16.3. The topological polar surface area (TPSA) is 86.6 Å². The number of likely N-dealkylation sites (tertiary alicyclic amines) is 1. The molecular formula is C16H17N3O3. The van der Waals surface area contributed by atoms with Crippen LogP contribution in [0.3, 0.4) is 0 Å².